The van der Waals surface area contributed by atoms with E-state index < -0.39 is 30.6 Å². The summed E-state index contributed by atoms with van der Waals surface area (Å²) in [5.41, 5.74) is 0. The summed E-state index contributed by atoms with van der Waals surface area (Å²) in [4.78, 5) is 31.1. The molecule has 1 N–H and O–H groups in total. The molecule has 1 fully saturated rings. The molecule has 6 heteroatoms. The van der Waals surface area contributed by atoms with Gasteiger partial charge in [-0.05, 0) is 0 Å². The van der Waals surface area contributed by atoms with E-state index in [9.17, 15) is 14.4 Å². The van der Waals surface area contributed by atoms with Crippen molar-refractivity contribution in [2.75, 3.05) is 6.61 Å². The number of rotatable bonds is 3. The van der Waals surface area contributed by atoms with Gasteiger partial charge >= 0.3 is 17.9 Å². The number of carbonyl (C=O) groups excluding carboxylic acids is 2. The van der Waals surface area contributed by atoms with Crippen LogP contribution < -0.4 is 0 Å². The van der Waals surface area contributed by atoms with E-state index in [1.54, 1.807) is 0 Å². The first-order valence-corrected chi connectivity index (χ1v) is 3.17. The molecule has 0 aliphatic carbocycles. The topological polar surface area (TPSA) is 89.9 Å². The fourth-order valence-corrected chi connectivity index (χ4v) is 0.753. The van der Waals surface area contributed by atoms with E-state index in [-0.39, 0.29) is 6.42 Å². The monoisotopic (exact) mass is 174 g/mol. The maximum Gasteiger partial charge on any atom is 0.343 e. The van der Waals surface area contributed by atoms with E-state index in [2.05, 4.69) is 9.47 Å². The molecular weight excluding hydrogens is 168 g/mol. The lowest BCUT2D eigenvalue weighted by molar-refractivity contribution is -0.156. The maximum absolute atomic E-state index is 10.6. The molecule has 1 atom stereocenters. The molecule has 0 amide bonds. The first kappa shape index (κ1) is 8.66. The molecule has 1 aliphatic heterocycles. The van der Waals surface area contributed by atoms with Crippen LogP contribution in [0.5, 0.6) is 0 Å². The van der Waals surface area contributed by atoms with Gasteiger partial charge in [0.1, 0.15) is 6.61 Å². The van der Waals surface area contributed by atoms with Crippen molar-refractivity contribution in [1.82, 2.24) is 0 Å². The highest BCUT2D eigenvalue weighted by atomic mass is 16.6. The Morgan fingerprint density at radius 2 is 2.33 bits per heavy atom. The zero-order valence-corrected chi connectivity index (χ0v) is 5.98. The normalized spacial score (nSPS) is 22.5. The van der Waals surface area contributed by atoms with Crippen LogP contribution in [0.1, 0.15) is 6.42 Å². The highest BCUT2D eigenvalue weighted by Gasteiger charge is 2.34. The molecule has 0 radical (unpaired) electrons. The largest absolute Gasteiger partial charge is 0.480 e. The van der Waals surface area contributed by atoms with Crippen LogP contribution in [0.15, 0.2) is 0 Å². The van der Waals surface area contributed by atoms with Gasteiger partial charge in [0.15, 0.2) is 6.10 Å². The van der Waals surface area contributed by atoms with Gasteiger partial charge in [0.2, 0.25) is 0 Å². The minimum absolute atomic E-state index is 0.202. The Morgan fingerprint density at radius 3 is 2.75 bits per heavy atom. The Kier molecular flexibility index (Phi) is 2.39. The molecule has 0 saturated carbocycles. The number of carboxylic acid groups (broad SMARTS) is 1. The molecule has 1 saturated heterocycles. The van der Waals surface area contributed by atoms with Crippen molar-refractivity contribution in [1.29, 1.82) is 0 Å². The van der Waals surface area contributed by atoms with E-state index in [1.807, 2.05) is 0 Å². The van der Waals surface area contributed by atoms with Gasteiger partial charge in [-0.1, -0.05) is 0 Å². The van der Waals surface area contributed by atoms with Crippen molar-refractivity contribution in [2.45, 2.75) is 12.5 Å². The van der Waals surface area contributed by atoms with Crippen molar-refractivity contribution in [3.8, 4) is 0 Å². The summed E-state index contributed by atoms with van der Waals surface area (Å²) in [7, 11) is 0. The lowest BCUT2D eigenvalue weighted by atomic mass is 10.3. The lowest BCUT2D eigenvalue weighted by Crippen LogP contribution is -2.22. The Morgan fingerprint density at radius 1 is 1.67 bits per heavy atom. The SMILES string of the molecule is O=C(O)COC1CC(=O)OC1=O. The van der Waals surface area contributed by atoms with Gasteiger partial charge in [-0.3, -0.25) is 4.79 Å². The Labute approximate surface area is 67.1 Å². The van der Waals surface area contributed by atoms with Crippen LogP contribution in [0, 0.1) is 0 Å². The highest BCUT2D eigenvalue weighted by Crippen LogP contribution is 2.11. The molecule has 66 valence electrons. The van der Waals surface area contributed by atoms with Gasteiger partial charge in [0.05, 0.1) is 6.42 Å². The molecule has 1 aliphatic rings. The molecule has 0 spiro atoms. The number of cyclic esters (lactones) is 2. The summed E-state index contributed by atoms with van der Waals surface area (Å²) in [6.45, 7) is -0.604. The predicted octanol–water partition coefficient (Wildman–Crippen LogP) is -1.07. The van der Waals surface area contributed by atoms with Gasteiger partial charge in [-0.2, -0.15) is 0 Å². The first-order valence-electron chi connectivity index (χ1n) is 3.17. The number of carbonyl (C=O) groups is 3. The molecule has 0 bridgehead atoms. The summed E-state index contributed by atoms with van der Waals surface area (Å²) < 4.78 is 8.66. The average Bonchev–Trinajstić information content (AvgIpc) is 2.26. The Balaban J connectivity index is 2.38. The van der Waals surface area contributed by atoms with Crippen LogP contribution in [0.3, 0.4) is 0 Å². The van der Waals surface area contributed by atoms with E-state index >= 15 is 0 Å². The van der Waals surface area contributed by atoms with Crippen LogP contribution >= 0.6 is 0 Å². The van der Waals surface area contributed by atoms with E-state index in [0.29, 0.717) is 0 Å². The third-order valence-electron chi connectivity index (χ3n) is 1.24. The smallest absolute Gasteiger partial charge is 0.343 e. The molecule has 0 aromatic rings. The van der Waals surface area contributed by atoms with Crippen molar-refractivity contribution in [2.24, 2.45) is 0 Å². The molecule has 1 heterocycles. The fourth-order valence-electron chi connectivity index (χ4n) is 0.753. The number of hydrogen-bond donors (Lipinski definition) is 1. The average molecular weight is 174 g/mol. The minimum atomic E-state index is -1.19. The first-order chi connectivity index (χ1) is 5.59. The standard InChI is InChI=1S/C6H6O6/c7-4(8)2-11-3-1-5(9)12-6(3)10/h3H,1-2H2,(H,7,8). The van der Waals surface area contributed by atoms with Crippen LogP contribution in [0.25, 0.3) is 0 Å². The third kappa shape index (κ3) is 2.03. The Bertz CT molecular complexity index is 232. The van der Waals surface area contributed by atoms with E-state index in [0.717, 1.165) is 0 Å². The second kappa shape index (κ2) is 3.31. The minimum Gasteiger partial charge on any atom is -0.480 e. The van der Waals surface area contributed by atoms with Crippen molar-refractivity contribution >= 4 is 17.9 Å². The zero-order valence-electron chi connectivity index (χ0n) is 5.98. The Hall–Kier alpha value is -1.43. The summed E-state index contributed by atoms with van der Waals surface area (Å²) >= 11 is 0. The molecule has 1 rings (SSSR count). The van der Waals surface area contributed by atoms with Crippen LogP contribution in [-0.2, 0) is 23.9 Å². The quantitative estimate of drug-likeness (QED) is 0.432. The van der Waals surface area contributed by atoms with Gasteiger partial charge in [0.25, 0.3) is 0 Å². The maximum atomic E-state index is 10.6. The second-order valence-electron chi connectivity index (χ2n) is 2.19. The summed E-state index contributed by atoms with van der Waals surface area (Å²) in [5, 5.41) is 8.16. The molecule has 1 unspecified atom stereocenters. The fraction of sp³-hybridized carbons (Fsp3) is 0.500. The second-order valence-corrected chi connectivity index (χ2v) is 2.19. The zero-order chi connectivity index (χ0) is 9.14. The summed E-state index contributed by atoms with van der Waals surface area (Å²) in [5.74, 6) is -2.70. The van der Waals surface area contributed by atoms with Gasteiger partial charge in [-0.15, -0.1) is 0 Å². The van der Waals surface area contributed by atoms with Crippen LogP contribution in [0.2, 0.25) is 0 Å². The molecule has 0 aromatic carbocycles. The number of ether oxygens (including phenoxy) is 2. The van der Waals surface area contributed by atoms with Gasteiger partial charge in [0, 0.05) is 0 Å². The van der Waals surface area contributed by atoms with Crippen LogP contribution in [0.4, 0.5) is 0 Å². The highest BCUT2D eigenvalue weighted by molar-refractivity contribution is 5.96. The third-order valence-corrected chi connectivity index (χ3v) is 1.24. The molecule has 0 aromatic heterocycles. The van der Waals surface area contributed by atoms with Gasteiger partial charge < -0.3 is 14.6 Å². The molecular formula is C6H6O6. The molecule has 6 nitrogen and oxygen atoms in total. The van der Waals surface area contributed by atoms with E-state index in [4.69, 9.17) is 5.11 Å². The van der Waals surface area contributed by atoms with Gasteiger partial charge in [-0.25, -0.2) is 9.59 Å². The van der Waals surface area contributed by atoms with Crippen molar-refractivity contribution < 1.29 is 29.0 Å². The van der Waals surface area contributed by atoms with E-state index in [1.165, 1.54) is 0 Å². The predicted molar refractivity (Wildman–Crippen MR) is 33.1 cm³/mol. The summed E-state index contributed by atoms with van der Waals surface area (Å²) in [6, 6.07) is 0. The molecule has 12 heavy (non-hydrogen) atoms. The number of esters is 2. The van der Waals surface area contributed by atoms with Crippen molar-refractivity contribution in [3.05, 3.63) is 0 Å². The summed E-state index contributed by atoms with van der Waals surface area (Å²) in [6.07, 6.45) is -1.25. The lowest BCUT2D eigenvalue weighted by Gasteiger charge is -2.02. The number of carboxylic acids is 1. The van der Waals surface area contributed by atoms with Crippen LogP contribution in [-0.4, -0.2) is 35.7 Å². The number of hydrogen-bond acceptors (Lipinski definition) is 5. The van der Waals surface area contributed by atoms with Crippen molar-refractivity contribution in [3.63, 3.8) is 0 Å². The number of aliphatic carboxylic acids is 1.